The molecule has 0 heterocycles. The highest BCUT2D eigenvalue weighted by Gasteiger charge is 2.19. The van der Waals surface area contributed by atoms with E-state index in [1.54, 1.807) is 12.1 Å². The smallest absolute Gasteiger partial charge is 0.251 e. The lowest BCUT2D eigenvalue weighted by atomic mass is 10.1. The molecule has 0 aromatic heterocycles. The summed E-state index contributed by atoms with van der Waals surface area (Å²) in [6.07, 6.45) is 1.13. The second kappa shape index (κ2) is 7.65. The van der Waals surface area contributed by atoms with Crippen LogP contribution in [0.1, 0.15) is 21.5 Å². The first-order valence-electron chi connectivity index (χ1n) is 7.78. The fourth-order valence-electron chi connectivity index (χ4n) is 2.47. The third kappa shape index (κ3) is 4.79. The molecule has 1 N–H and O–H groups in total. The highest BCUT2D eigenvalue weighted by molar-refractivity contribution is 7.92. The van der Waals surface area contributed by atoms with Crippen LogP contribution in [0.3, 0.4) is 0 Å². The summed E-state index contributed by atoms with van der Waals surface area (Å²) in [6.45, 7) is 3.96. The van der Waals surface area contributed by atoms with Crippen molar-refractivity contribution >= 4 is 21.6 Å². The molecule has 0 spiro atoms. The number of hydrogen-bond acceptors (Lipinski definition) is 3. The van der Waals surface area contributed by atoms with Gasteiger partial charge in [0.15, 0.2) is 0 Å². The van der Waals surface area contributed by atoms with Gasteiger partial charge in [-0.2, -0.15) is 0 Å². The van der Waals surface area contributed by atoms with E-state index in [0.717, 1.165) is 23.4 Å². The Bertz CT molecular complexity index is 882. The summed E-state index contributed by atoms with van der Waals surface area (Å²) in [5.41, 5.74) is 2.62. The molecule has 5 nitrogen and oxygen atoms in total. The molecule has 134 valence electrons. The Kier molecular flexibility index (Phi) is 5.79. The lowest BCUT2D eigenvalue weighted by Gasteiger charge is -2.25. The fourth-order valence-corrected chi connectivity index (χ4v) is 3.45. The highest BCUT2D eigenvalue weighted by atomic mass is 32.2. The Morgan fingerprint density at radius 1 is 1.16 bits per heavy atom. The molecule has 0 aliphatic carbocycles. The largest absolute Gasteiger partial charge is 0.350 e. The zero-order valence-corrected chi connectivity index (χ0v) is 15.2. The number of anilines is 1. The molecule has 25 heavy (non-hydrogen) atoms. The molecule has 0 fully saturated rings. The van der Waals surface area contributed by atoms with Crippen LogP contribution in [0.4, 0.5) is 10.1 Å². The van der Waals surface area contributed by atoms with Gasteiger partial charge in [0.2, 0.25) is 10.0 Å². The predicted molar refractivity (Wildman–Crippen MR) is 96.8 cm³/mol. The standard InChI is InChI=1S/C18H21FN2O3S/c1-13-6-4-9-17(14(13)2)21(25(3,23)24)11-10-20-18(22)15-7-5-8-16(19)12-15/h4-9,12H,10-11H2,1-3H3,(H,20,22). The number of carbonyl (C=O) groups excluding carboxylic acids is 1. The molecule has 7 heteroatoms. The van der Waals surface area contributed by atoms with Crippen LogP contribution < -0.4 is 9.62 Å². The van der Waals surface area contributed by atoms with Gasteiger partial charge in [0.05, 0.1) is 18.5 Å². The van der Waals surface area contributed by atoms with Gasteiger partial charge in [-0.3, -0.25) is 9.10 Å². The Balaban J connectivity index is 2.12. The van der Waals surface area contributed by atoms with Gasteiger partial charge in [-0.25, -0.2) is 12.8 Å². The second-order valence-corrected chi connectivity index (χ2v) is 7.73. The van der Waals surface area contributed by atoms with Crippen LogP contribution >= 0.6 is 0 Å². The van der Waals surface area contributed by atoms with Crippen LogP contribution in [0.15, 0.2) is 42.5 Å². The van der Waals surface area contributed by atoms with Gasteiger partial charge in [0.1, 0.15) is 5.82 Å². The van der Waals surface area contributed by atoms with E-state index in [4.69, 9.17) is 0 Å². The van der Waals surface area contributed by atoms with Crippen molar-refractivity contribution in [2.75, 3.05) is 23.7 Å². The molecule has 0 radical (unpaired) electrons. The lowest BCUT2D eigenvalue weighted by molar-refractivity contribution is 0.0954. The zero-order valence-electron chi connectivity index (χ0n) is 14.4. The van der Waals surface area contributed by atoms with E-state index < -0.39 is 21.7 Å². The molecule has 2 aromatic carbocycles. The number of sulfonamides is 1. The number of halogens is 1. The van der Waals surface area contributed by atoms with Crippen LogP contribution in [0, 0.1) is 19.7 Å². The van der Waals surface area contributed by atoms with Crippen LogP contribution in [0.2, 0.25) is 0 Å². The average molecular weight is 364 g/mol. The number of rotatable bonds is 6. The van der Waals surface area contributed by atoms with Gasteiger partial charge in [0.25, 0.3) is 5.91 Å². The van der Waals surface area contributed by atoms with Crippen LogP contribution in [-0.4, -0.2) is 33.7 Å². The van der Waals surface area contributed by atoms with Crippen molar-refractivity contribution in [2.24, 2.45) is 0 Å². The second-order valence-electron chi connectivity index (χ2n) is 5.82. The molecule has 0 saturated carbocycles. The maximum absolute atomic E-state index is 13.2. The number of carbonyl (C=O) groups is 1. The number of nitrogens with zero attached hydrogens (tertiary/aromatic N) is 1. The fraction of sp³-hybridized carbons (Fsp3) is 0.278. The molecule has 0 aliphatic rings. The van der Waals surface area contributed by atoms with Gasteiger partial charge in [-0.15, -0.1) is 0 Å². The van der Waals surface area contributed by atoms with Crippen LogP contribution in [0.5, 0.6) is 0 Å². The van der Waals surface area contributed by atoms with Crippen LogP contribution in [0.25, 0.3) is 0 Å². The molecular formula is C18H21FN2O3S. The lowest BCUT2D eigenvalue weighted by Crippen LogP contribution is -2.38. The number of hydrogen-bond donors (Lipinski definition) is 1. The van der Waals surface area contributed by atoms with E-state index in [2.05, 4.69) is 5.32 Å². The minimum absolute atomic E-state index is 0.0875. The predicted octanol–water partition coefficient (Wildman–Crippen LogP) is 2.64. The first-order chi connectivity index (χ1) is 11.7. The molecule has 0 atom stereocenters. The molecule has 0 bridgehead atoms. The van der Waals surface area contributed by atoms with E-state index >= 15 is 0 Å². The van der Waals surface area contributed by atoms with E-state index in [9.17, 15) is 17.6 Å². The topological polar surface area (TPSA) is 66.5 Å². The summed E-state index contributed by atoms with van der Waals surface area (Å²) in [5, 5.41) is 2.62. The van der Waals surface area contributed by atoms with Gasteiger partial charge < -0.3 is 5.32 Å². The number of amides is 1. The van der Waals surface area contributed by atoms with Crippen molar-refractivity contribution in [2.45, 2.75) is 13.8 Å². The Labute approximate surface area is 147 Å². The van der Waals surface area contributed by atoms with Gasteiger partial charge >= 0.3 is 0 Å². The summed E-state index contributed by atoms with van der Waals surface area (Å²) < 4.78 is 38.7. The van der Waals surface area contributed by atoms with Crippen molar-refractivity contribution in [3.05, 3.63) is 65.0 Å². The third-order valence-corrected chi connectivity index (χ3v) is 5.11. The number of nitrogens with one attached hydrogen (secondary N) is 1. The summed E-state index contributed by atoms with van der Waals surface area (Å²) in [4.78, 5) is 12.0. The molecule has 2 rings (SSSR count). The van der Waals surface area contributed by atoms with E-state index in [1.807, 2.05) is 19.9 Å². The van der Waals surface area contributed by atoms with Gasteiger partial charge in [-0.05, 0) is 49.2 Å². The summed E-state index contributed by atoms with van der Waals surface area (Å²) in [5.74, 6) is -0.949. The first-order valence-corrected chi connectivity index (χ1v) is 9.62. The average Bonchev–Trinajstić information content (AvgIpc) is 2.53. The van der Waals surface area contributed by atoms with Gasteiger partial charge in [0, 0.05) is 12.1 Å². The maximum atomic E-state index is 13.2. The number of aryl methyl sites for hydroxylation is 1. The maximum Gasteiger partial charge on any atom is 0.251 e. The summed E-state index contributed by atoms with van der Waals surface area (Å²) in [6, 6.07) is 10.8. The molecule has 0 unspecified atom stereocenters. The number of benzene rings is 2. The summed E-state index contributed by atoms with van der Waals surface area (Å²) >= 11 is 0. The van der Waals surface area contributed by atoms with E-state index in [0.29, 0.717) is 5.69 Å². The van der Waals surface area contributed by atoms with Crippen molar-refractivity contribution in [1.29, 1.82) is 0 Å². The van der Waals surface area contributed by atoms with Crippen LogP contribution in [-0.2, 0) is 10.0 Å². The first kappa shape index (κ1) is 18.9. The molecule has 2 aromatic rings. The minimum atomic E-state index is -3.50. The molecule has 0 aliphatic heterocycles. The Morgan fingerprint density at radius 3 is 2.48 bits per heavy atom. The van der Waals surface area contributed by atoms with Crippen molar-refractivity contribution in [1.82, 2.24) is 5.32 Å². The Hall–Kier alpha value is -2.41. The summed E-state index contributed by atoms with van der Waals surface area (Å²) in [7, 11) is -3.50. The quantitative estimate of drug-likeness (QED) is 0.857. The molecule has 1 amide bonds. The van der Waals surface area contributed by atoms with E-state index in [-0.39, 0.29) is 18.7 Å². The molecular weight excluding hydrogens is 343 g/mol. The van der Waals surface area contributed by atoms with Crippen molar-refractivity contribution in [3.8, 4) is 0 Å². The Morgan fingerprint density at radius 2 is 1.84 bits per heavy atom. The van der Waals surface area contributed by atoms with Gasteiger partial charge in [-0.1, -0.05) is 18.2 Å². The highest BCUT2D eigenvalue weighted by Crippen LogP contribution is 2.24. The minimum Gasteiger partial charge on any atom is -0.350 e. The normalized spacial score (nSPS) is 11.2. The zero-order chi connectivity index (χ0) is 18.6. The van der Waals surface area contributed by atoms with Crippen molar-refractivity contribution < 1.29 is 17.6 Å². The molecule has 0 saturated heterocycles. The SMILES string of the molecule is Cc1cccc(N(CCNC(=O)c2cccc(F)c2)S(C)(=O)=O)c1C. The third-order valence-electron chi connectivity index (χ3n) is 3.93. The van der Waals surface area contributed by atoms with Crippen molar-refractivity contribution in [3.63, 3.8) is 0 Å². The monoisotopic (exact) mass is 364 g/mol. The van der Waals surface area contributed by atoms with E-state index in [1.165, 1.54) is 22.5 Å².